The summed E-state index contributed by atoms with van der Waals surface area (Å²) in [5.41, 5.74) is -0.624. The number of nitrogens with one attached hydrogen (secondary N) is 1. The average molecular weight is 269 g/mol. The first-order valence-electron chi connectivity index (χ1n) is 4.74. The Bertz CT molecular complexity index is 226. The molecule has 0 aromatic heterocycles. The molecule has 1 saturated heterocycles. The summed E-state index contributed by atoms with van der Waals surface area (Å²) in [6.07, 6.45) is 0.797. The Labute approximate surface area is 136 Å². The molecule has 1 heterocycles. The van der Waals surface area contributed by atoms with E-state index in [-0.39, 0.29) is 75.6 Å². The second-order valence-corrected chi connectivity index (χ2v) is 4.89. The number of likely N-dealkylation sites (N-methyl/N-ethyl adjacent to an activating group) is 1. The van der Waals surface area contributed by atoms with E-state index in [0.717, 1.165) is 6.42 Å². The van der Waals surface area contributed by atoms with Gasteiger partial charge in [0.05, 0.1) is 6.04 Å². The Hall–Kier alpha value is 1.40. The van der Waals surface area contributed by atoms with Crippen molar-refractivity contribution >= 4 is 5.78 Å². The number of hydrogen-bond donors (Lipinski definition) is 1. The van der Waals surface area contributed by atoms with Crippen LogP contribution in [0.15, 0.2) is 0 Å². The van der Waals surface area contributed by atoms with Crippen molar-refractivity contribution in [3.8, 4) is 0 Å². The third-order valence-corrected chi connectivity index (χ3v) is 2.55. The number of carbonyl (C=O) groups is 1. The van der Waals surface area contributed by atoms with Gasteiger partial charge in [-0.3, -0.25) is 4.79 Å². The van der Waals surface area contributed by atoms with Crippen molar-refractivity contribution in [3.63, 3.8) is 0 Å². The Morgan fingerprint density at radius 3 is 2.29 bits per heavy atom. The number of Topliss-reactive ketones (excluding diaryl/α,β-unsaturated/α-hetero) is 1. The molecular weight excluding hydrogens is 250 g/mol. The van der Waals surface area contributed by atoms with Crippen LogP contribution in [0.25, 0.3) is 5.32 Å². The molecule has 76 valence electrons. The number of ketones is 1. The SMILES string of the molecule is CNC1CC(C)(C)[N-]C(C)(C)C1=O.[Rb+]. The van der Waals surface area contributed by atoms with E-state index in [4.69, 9.17) is 0 Å². The fourth-order valence-electron chi connectivity index (χ4n) is 2.11. The van der Waals surface area contributed by atoms with Crippen molar-refractivity contribution < 1.29 is 63.0 Å². The number of nitrogens with zero attached hydrogens (tertiary/aromatic N) is 1. The quantitative estimate of drug-likeness (QED) is 0.628. The molecule has 1 rings (SSSR count). The van der Waals surface area contributed by atoms with Crippen LogP contribution in [-0.2, 0) is 4.79 Å². The fraction of sp³-hybridized carbons (Fsp3) is 0.900. The van der Waals surface area contributed by atoms with Crippen molar-refractivity contribution in [2.24, 2.45) is 0 Å². The van der Waals surface area contributed by atoms with Gasteiger partial charge >= 0.3 is 58.2 Å². The van der Waals surface area contributed by atoms with Gasteiger partial charge in [0.1, 0.15) is 5.78 Å². The predicted molar refractivity (Wildman–Crippen MR) is 54.0 cm³/mol. The van der Waals surface area contributed by atoms with E-state index in [1.165, 1.54) is 0 Å². The summed E-state index contributed by atoms with van der Waals surface area (Å²) in [4.78, 5) is 11.8. The van der Waals surface area contributed by atoms with Crippen molar-refractivity contribution in [3.05, 3.63) is 5.32 Å². The Kier molecular flexibility index (Phi) is 5.66. The normalized spacial score (nSPS) is 29.5. The molecule has 1 aliphatic heterocycles. The number of piperidine rings is 1. The summed E-state index contributed by atoms with van der Waals surface area (Å²) < 4.78 is 0. The summed E-state index contributed by atoms with van der Waals surface area (Å²) in [5, 5.41) is 7.59. The van der Waals surface area contributed by atoms with E-state index >= 15 is 0 Å². The standard InChI is InChI=1S/C10H19N2O.Rb/c1-9(2)6-7(11-5)8(13)10(3,4)12-9;/h7,11H,6H2,1-5H3;/q-1;+1. The van der Waals surface area contributed by atoms with Gasteiger partial charge in [0, 0.05) is 0 Å². The molecule has 0 saturated carbocycles. The summed E-state index contributed by atoms with van der Waals surface area (Å²) >= 11 is 0. The number of carbonyl (C=O) groups excluding carboxylic acids is 1. The first-order valence-corrected chi connectivity index (χ1v) is 4.74. The Balaban J connectivity index is 0.00000169. The molecule has 4 heteroatoms. The smallest absolute Gasteiger partial charge is 0.646 e. The van der Waals surface area contributed by atoms with Crippen LogP contribution in [0.1, 0.15) is 34.1 Å². The molecule has 0 aliphatic carbocycles. The van der Waals surface area contributed by atoms with Crippen LogP contribution >= 0.6 is 0 Å². The van der Waals surface area contributed by atoms with E-state index in [1.54, 1.807) is 0 Å². The molecule has 0 amide bonds. The number of hydrogen-bond acceptors (Lipinski definition) is 2. The molecule has 1 fully saturated rings. The van der Waals surface area contributed by atoms with Crippen molar-refractivity contribution in [2.75, 3.05) is 7.05 Å². The molecule has 3 nitrogen and oxygen atoms in total. The molecule has 1 N–H and O–H groups in total. The van der Waals surface area contributed by atoms with Gasteiger partial charge in [0.15, 0.2) is 0 Å². The minimum atomic E-state index is -0.532. The second-order valence-electron chi connectivity index (χ2n) is 4.89. The minimum absolute atomic E-state index is 0. The van der Waals surface area contributed by atoms with E-state index in [1.807, 2.05) is 20.9 Å². The van der Waals surface area contributed by atoms with Crippen molar-refractivity contribution in [2.45, 2.75) is 51.2 Å². The third kappa shape index (κ3) is 3.46. The zero-order valence-corrected chi connectivity index (χ0v) is 15.1. The summed E-state index contributed by atoms with van der Waals surface area (Å²) in [6.45, 7) is 7.93. The van der Waals surface area contributed by atoms with Crippen LogP contribution in [0, 0.1) is 0 Å². The van der Waals surface area contributed by atoms with Crippen LogP contribution in [0.5, 0.6) is 0 Å². The molecule has 0 radical (unpaired) electrons. The summed E-state index contributed by atoms with van der Waals surface area (Å²) in [7, 11) is 1.83. The zero-order valence-electron chi connectivity index (χ0n) is 10.1. The maximum atomic E-state index is 11.8. The largest absolute Gasteiger partial charge is 1.00 e. The van der Waals surface area contributed by atoms with Gasteiger partial charge in [0.2, 0.25) is 0 Å². The molecule has 1 aliphatic rings. The number of rotatable bonds is 1. The van der Waals surface area contributed by atoms with E-state index in [2.05, 4.69) is 24.5 Å². The van der Waals surface area contributed by atoms with Crippen LogP contribution in [0.4, 0.5) is 0 Å². The maximum Gasteiger partial charge on any atom is 1.00 e. The van der Waals surface area contributed by atoms with Crippen LogP contribution in [0.3, 0.4) is 0 Å². The first kappa shape index (κ1) is 15.4. The molecule has 1 unspecified atom stereocenters. The van der Waals surface area contributed by atoms with Crippen LogP contribution in [-0.4, -0.2) is 30.0 Å². The Morgan fingerprint density at radius 1 is 1.36 bits per heavy atom. The molecule has 0 aromatic rings. The average Bonchev–Trinajstić information content (AvgIpc) is 1.95. The van der Waals surface area contributed by atoms with E-state index in [9.17, 15) is 4.79 Å². The predicted octanol–water partition coefficient (Wildman–Crippen LogP) is -1.52. The summed E-state index contributed by atoms with van der Waals surface area (Å²) in [6, 6.07) is -0.0394. The monoisotopic (exact) mass is 268 g/mol. The van der Waals surface area contributed by atoms with Crippen molar-refractivity contribution in [1.82, 2.24) is 5.32 Å². The van der Waals surface area contributed by atoms with Crippen LogP contribution in [0.2, 0.25) is 0 Å². The summed E-state index contributed by atoms with van der Waals surface area (Å²) in [5.74, 6) is 0.203. The topological polar surface area (TPSA) is 43.2 Å². The molecule has 14 heavy (non-hydrogen) atoms. The Morgan fingerprint density at radius 2 is 1.86 bits per heavy atom. The van der Waals surface area contributed by atoms with Gasteiger partial charge < -0.3 is 10.6 Å². The van der Waals surface area contributed by atoms with Gasteiger partial charge in [-0.15, -0.1) is 5.54 Å². The minimum Gasteiger partial charge on any atom is -0.646 e. The third-order valence-electron chi connectivity index (χ3n) is 2.55. The molecule has 0 spiro atoms. The molecule has 1 atom stereocenters. The second kappa shape index (κ2) is 5.15. The zero-order chi connectivity index (χ0) is 10.3. The fourth-order valence-corrected chi connectivity index (χ4v) is 2.11. The van der Waals surface area contributed by atoms with Gasteiger partial charge in [-0.05, 0) is 13.5 Å². The van der Waals surface area contributed by atoms with Gasteiger partial charge in [-0.1, -0.05) is 33.2 Å². The molecular formula is C10H19N2ORb. The van der Waals surface area contributed by atoms with Gasteiger partial charge in [-0.25, -0.2) is 0 Å². The first-order chi connectivity index (χ1) is 5.78. The molecule has 0 bridgehead atoms. The molecule has 0 aromatic carbocycles. The maximum absolute atomic E-state index is 11.8. The van der Waals surface area contributed by atoms with E-state index in [0.29, 0.717) is 0 Å². The van der Waals surface area contributed by atoms with Crippen LogP contribution < -0.4 is 63.5 Å². The van der Waals surface area contributed by atoms with Gasteiger partial charge in [0.25, 0.3) is 0 Å². The van der Waals surface area contributed by atoms with Gasteiger partial charge in [-0.2, -0.15) is 0 Å². The van der Waals surface area contributed by atoms with Crippen molar-refractivity contribution in [1.29, 1.82) is 0 Å². The van der Waals surface area contributed by atoms with E-state index < -0.39 is 5.54 Å².